The zero-order chi connectivity index (χ0) is 60.5. The molecule has 0 N–H and O–H groups in total. The van der Waals surface area contributed by atoms with Crippen molar-refractivity contribution >= 4 is 32.4 Å². The Morgan fingerprint density at radius 2 is 0.877 bits per heavy atom. The summed E-state index contributed by atoms with van der Waals surface area (Å²) >= 11 is -0.741. The van der Waals surface area contributed by atoms with Crippen LogP contribution in [0.5, 0.6) is 34.5 Å². The number of sulfone groups is 1. The maximum atomic E-state index is 13.8. The molecule has 12 nitrogen and oxygen atoms in total. The minimum absolute atomic E-state index is 0.194. The molecule has 3 aromatic heterocycles. The molecule has 0 aliphatic carbocycles. The Kier molecular flexibility index (Phi) is 15.8. The Bertz CT molecular complexity index is 3840. The van der Waals surface area contributed by atoms with Crippen molar-refractivity contribution in [3.8, 4) is 52.7 Å². The summed E-state index contributed by atoms with van der Waals surface area (Å²) in [6, 6.07) is 12.0. The van der Waals surface area contributed by atoms with E-state index in [4.69, 9.17) is 30.0 Å². The number of aromatic nitrogens is 3. The molecule has 6 aromatic rings. The number of pyridine rings is 3. The van der Waals surface area contributed by atoms with Crippen LogP contribution in [0, 0.1) is 51.4 Å². The molecule has 0 amide bonds. The Labute approximate surface area is 442 Å². The molecule has 0 saturated heterocycles. The van der Waals surface area contributed by atoms with Crippen LogP contribution in [-0.4, -0.2) is 43.3 Å². The quantitative estimate of drug-likeness (QED) is 0.124. The third-order valence-electron chi connectivity index (χ3n) is 10.7. The predicted octanol–water partition coefficient (Wildman–Crippen LogP) is 14.5. The van der Waals surface area contributed by atoms with Gasteiger partial charge in [-0.3, -0.25) is 0 Å². The molecule has 0 fully saturated rings. The maximum absolute atomic E-state index is 13.8. The molecule has 9 rings (SSSR count). The highest BCUT2D eigenvalue weighted by molar-refractivity contribution is 8.00. The average molecular weight is 1230 g/mol. The van der Waals surface area contributed by atoms with E-state index in [2.05, 4.69) is 15.0 Å². The Hall–Kier alpha value is -8.04. The van der Waals surface area contributed by atoms with Gasteiger partial charge >= 0.3 is 33.5 Å². The number of hydrogen-bond acceptors (Lipinski definition) is 13. The summed E-state index contributed by atoms with van der Waals surface area (Å²) < 4.78 is 335. The SMILES string of the molecule is N#Cc1cc(F)cc(Oc2cnc3c(c2C(F)F)S(=O)(=O)C(F)(F)C3(F)F)c1.N#Cc1cc(F)cc(Oc2cnc3c(c2C(F)F)S(=O)C(F)(F)C3(F)F)c1.N#Cc1cc(F)cc(Oc2cnc3c(c2C(F)F)SC(F)(F)C3(F)F)c1. The van der Waals surface area contributed by atoms with Crippen molar-refractivity contribution in [2.24, 2.45) is 0 Å². The summed E-state index contributed by atoms with van der Waals surface area (Å²) in [6.07, 6.45) is -9.95. The normalized spacial score (nSPS) is 18.4. The van der Waals surface area contributed by atoms with Crippen LogP contribution in [0.25, 0.3) is 0 Å². The van der Waals surface area contributed by atoms with Crippen LogP contribution in [0.1, 0.15) is 69.7 Å². The molecule has 6 heterocycles. The first-order valence-corrected chi connectivity index (χ1v) is 24.1. The molecule has 426 valence electrons. The van der Waals surface area contributed by atoms with Gasteiger partial charge in [-0.25, -0.2) is 67.1 Å². The highest BCUT2D eigenvalue weighted by atomic mass is 32.2. The van der Waals surface area contributed by atoms with Crippen molar-refractivity contribution in [1.29, 1.82) is 15.8 Å². The van der Waals surface area contributed by atoms with Gasteiger partial charge in [0, 0.05) is 18.2 Å². The minimum atomic E-state index is -6.24. The molecule has 3 aliphatic rings. The van der Waals surface area contributed by atoms with Crippen LogP contribution in [0.3, 0.4) is 0 Å². The van der Waals surface area contributed by atoms with Crippen molar-refractivity contribution in [1.82, 2.24) is 15.0 Å². The molecular weight excluding hydrogens is 1220 g/mol. The van der Waals surface area contributed by atoms with Gasteiger partial charge in [-0.1, -0.05) is 0 Å². The van der Waals surface area contributed by atoms with Crippen molar-refractivity contribution < 1.29 is 119 Å². The molecular formula is C45H15F21N6O6S3. The summed E-state index contributed by atoms with van der Waals surface area (Å²) in [5, 5.41) is 10.8. The first-order valence-electron chi connectivity index (χ1n) is 20.6. The number of alkyl halides is 18. The number of halogens is 21. The van der Waals surface area contributed by atoms with E-state index in [1.807, 2.05) is 0 Å². The molecule has 1 unspecified atom stereocenters. The highest BCUT2D eigenvalue weighted by Gasteiger charge is 2.76. The van der Waals surface area contributed by atoms with Crippen LogP contribution in [-0.2, 0) is 38.4 Å². The van der Waals surface area contributed by atoms with Crippen molar-refractivity contribution in [2.45, 2.75) is 67.5 Å². The lowest BCUT2D eigenvalue weighted by molar-refractivity contribution is -0.161. The topological polar surface area (TPSA) is 189 Å². The minimum Gasteiger partial charge on any atom is -0.455 e. The fraction of sp³-hybridized carbons (Fsp3) is 0.200. The van der Waals surface area contributed by atoms with E-state index in [-0.39, 0.29) is 22.9 Å². The first kappa shape index (κ1) is 60.6. The standard InChI is InChI=1S/C15H5F7N2O3S.C15H5F7N2O2S.C15H5F7N2OS/c16-7-1-6(4-23)2-8(3-7)27-9-5-24-12-11(10(9)13(17)18)28(25,26)15(21,22)14(12,19)20;16-7-1-6(4-23)2-8(3-7)26-9-5-24-12-11(10(9)13(17)18)27(25)15(21,22)14(12,19)20;16-7-1-6(4-23)2-8(3-7)25-9-5-24-12-11(10(9)13(17)18)26-15(21,22)14(12,19)20/h1-3,5,13H;1-3,5,13H;1-3,5,13H. The third-order valence-corrected chi connectivity index (χ3v) is 15.2. The number of hydrogen-bond donors (Lipinski definition) is 0. The zero-order valence-corrected chi connectivity index (χ0v) is 40.4. The summed E-state index contributed by atoms with van der Waals surface area (Å²) in [7, 11) is -10.1. The summed E-state index contributed by atoms with van der Waals surface area (Å²) in [5.74, 6) is -22.4. The summed E-state index contributed by atoms with van der Waals surface area (Å²) in [5.41, 5.74) is -10.5. The fourth-order valence-electron chi connectivity index (χ4n) is 7.16. The molecule has 81 heavy (non-hydrogen) atoms. The molecule has 0 bridgehead atoms. The number of nitriles is 3. The Morgan fingerprint density at radius 1 is 0.506 bits per heavy atom. The molecule has 3 aromatic carbocycles. The number of ether oxygens (including phenoxy) is 3. The lowest BCUT2D eigenvalue weighted by Crippen LogP contribution is -2.38. The van der Waals surface area contributed by atoms with Crippen LogP contribution < -0.4 is 14.2 Å². The van der Waals surface area contributed by atoms with E-state index in [1.165, 1.54) is 6.07 Å². The van der Waals surface area contributed by atoms with Crippen molar-refractivity contribution in [2.75, 3.05) is 0 Å². The van der Waals surface area contributed by atoms with Gasteiger partial charge in [0.2, 0.25) is 0 Å². The second kappa shape index (κ2) is 21.1. The first-order chi connectivity index (χ1) is 37.4. The van der Waals surface area contributed by atoms with Gasteiger partial charge in [0.05, 0.1) is 80.0 Å². The van der Waals surface area contributed by atoms with Crippen LogP contribution in [0.15, 0.2) is 87.9 Å². The van der Waals surface area contributed by atoms with Gasteiger partial charge in [0.1, 0.15) is 67.5 Å². The monoisotopic (exact) mass is 1230 g/mol. The van der Waals surface area contributed by atoms with E-state index in [0.29, 0.717) is 24.5 Å². The van der Waals surface area contributed by atoms with Gasteiger partial charge in [-0.2, -0.15) is 68.5 Å². The smallest absolute Gasteiger partial charge is 0.417 e. The number of nitrogens with zero attached hydrogens (tertiary/aromatic N) is 6. The van der Waals surface area contributed by atoms with E-state index in [9.17, 15) is 105 Å². The summed E-state index contributed by atoms with van der Waals surface area (Å²) in [4.78, 5) is 4.37. The maximum Gasteiger partial charge on any atom is 0.417 e. The van der Waals surface area contributed by atoms with Crippen molar-refractivity contribution in [3.63, 3.8) is 0 Å². The van der Waals surface area contributed by atoms with E-state index >= 15 is 0 Å². The Morgan fingerprint density at radius 3 is 1.27 bits per heavy atom. The van der Waals surface area contributed by atoms with E-state index in [1.54, 1.807) is 12.1 Å². The van der Waals surface area contributed by atoms with Crippen molar-refractivity contribution in [3.05, 3.63) is 141 Å². The van der Waals surface area contributed by atoms with Crippen LogP contribution in [0.4, 0.5) is 92.2 Å². The average Bonchev–Trinajstić information content (AvgIpc) is 2.83. The number of thioether (sulfide) groups is 1. The van der Waals surface area contributed by atoms with Gasteiger partial charge in [0.15, 0.2) is 17.2 Å². The van der Waals surface area contributed by atoms with E-state index < -0.39 is 186 Å². The molecule has 0 spiro atoms. The molecule has 3 aliphatic heterocycles. The fourth-order valence-corrected chi connectivity index (χ4v) is 11.2. The molecule has 36 heteroatoms. The lowest BCUT2D eigenvalue weighted by atomic mass is 10.1. The molecule has 0 radical (unpaired) electrons. The van der Waals surface area contributed by atoms with Crippen LogP contribution >= 0.6 is 11.8 Å². The zero-order valence-electron chi connectivity index (χ0n) is 38.0. The third kappa shape index (κ3) is 10.4. The van der Waals surface area contributed by atoms with E-state index in [0.717, 1.165) is 42.5 Å². The highest BCUT2D eigenvalue weighted by Crippen LogP contribution is 2.63. The molecule has 0 saturated carbocycles. The second-order valence-corrected chi connectivity index (χ2v) is 20.4. The number of rotatable bonds is 9. The number of benzene rings is 3. The lowest BCUT2D eigenvalue weighted by Gasteiger charge is -2.16. The summed E-state index contributed by atoms with van der Waals surface area (Å²) in [6.45, 7) is 0. The molecule has 1 atom stereocenters. The predicted molar refractivity (Wildman–Crippen MR) is 227 cm³/mol. The second-order valence-electron chi connectivity index (χ2n) is 15.9. The van der Waals surface area contributed by atoms with Gasteiger partial charge in [-0.05, 0) is 48.2 Å². The Balaban J connectivity index is 0.000000175. The van der Waals surface area contributed by atoms with Gasteiger partial charge in [0.25, 0.3) is 29.1 Å². The largest absolute Gasteiger partial charge is 0.455 e. The number of fused-ring (bicyclic) bond motifs is 3. The van der Waals surface area contributed by atoms with Crippen LogP contribution in [0.2, 0.25) is 0 Å². The van der Waals surface area contributed by atoms with Gasteiger partial charge < -0.3 is 14.2 Å². The van der Waals surface area contributed by atoms with Gasteiger partial charge in [-0.15, -0.1) is 0 Å².